The summed E-state index contributed by atoms with van der Waals surface area (Å²) in [5, 5.41) is 22.5. The minimum absolute atomic E-state index is 0. The van der Waals surface area contributed by atoms with Crippen molar-refractivity contribution in [3.05, 3.63) is 23.0 Å². The standard InChI is InChI=1S/C16H17N3O4S2.Na/c1-6-10(8-5-18-9(25-8)4-17-16(18)24-3)13(15(22)23)19-12(6)11(7(2)20)14(19)21;/h4-7,11-12,20H,1-3H3,(H,22,23);/q;+1/p-1/t6-,7+,11+,12+;/m0./s1. The van der Waals surface area contributed by atoms with Crippen LogP contribution < -0.4 is 34.7 Å². The number of β-lactam (4-membered cyclic amide) rings is 1. The van der Waals surface area contributed by atoms with Crippen LogP contribution in [0.1, 0.15) is 18.7 Å². The van der Waals surface area contributed by atoms with Gasteiger partial charge in [-0.05, 0) is 13.2 Å². The molecule has 1 amide bonds. The van der Waals surface area contributed by atoms with E-state index < -0.39 is 18.0 Å². The molecule has 2 aliphatic rings. The van der Waals surface area contributed by atoms with Crippen LogP contribution in [0, 0.1) is 11.8 Å². The van der Waals surface area contributed by atoms with Gasteiger partial charge in [-0.3, -0.25) is 9.20 Å². The zero-order valence-corrected chi connectivity index (χ0v) is 18.4. The Morgan fingerprint density at radius 1 is 1.50 bits per heavy atom. The maximum atomic E-state index is 12.4. The molecule has 0 saturated carbocycles. The third-order valence-electron chi connectivity index (χ3n) is 5.00. The molecule has 4 atom stereocenters. The van der Waals surface area contributed by atoms with Crippen LogP contribution in [-0.2, 0) is 9.59 Å². The third kappa shape index (κ3) is 2.60. The molecule has 0 bridgehead atoms. The van der Waals surface area contributed by atoms with Gasteiger partial charge in [-0.1, -0.05) is 18.7 Å². The number of hydrogen-bond acceptors (Lipinski definition) is 7. The Bertz CT molecular complexity index is 935. The smallest absolute Gasteiger partial charge is 0.543 e. The van der Waals surface area contributed by atoms with Crippen molar-refractivity contribution >= 4 is 45.4 Å². The van der Waals surface area contributed by atoms with Crippen LogP contribution in [-0.4, -0.2) is 49.7 Å². The SMILES string of the molecule is CSc1ncc2sc(C3=C(C(=O)[O-])N4C(=O)[C@H]([C@@H](C)O)[C@H]4[C@H]3C)cn12.[Na+]. The fourth-order valence-electron chi connectivity index (χ4n) is 3.94. The first-order valence-electron chi connectivity index (χ1n) is 7.84. The van der Waals surface area contributed by atoms with Gasteiger partial charge in [0.25, 0.3) is 0 Å². The first kappa shape index (κ1) is 19.9. The van der Waals surface area contributed by atoms with Crippen LogP contribution >= 0.6 is 23.1 Å². The van der Waals surface area contributed by atoms with Crippen LogP contribution in [0.25, 0.3) is 10.4 Å². The average Bonchev–Trinajstić information content (AvgIpc) is 3.16. The number of hydrogen-bond donors (Lipinski definition) is 1. The molecule has 10 heteroatoms. The number of amides is 1. The Hall–Kier alpha value is -0.840. The second-order valence-corrected chi connectivity index (χ2v) is 8.19. The van der Waals surface area contributed by atoms with Crippen LogP contribution in [0.4, 0.5) is 0 Å². The van der Waals surface area contributed by atoms with Gasteiger partial charge in [-0.25, -0.2) is 4.98 Å². The van der Waals surface area contributed by atoms with Gasteiger partial charge in [-0.15, -0.1) is 11.3 Å². The van der Waals surface area contributed by atoms with E-state index in [1.807, 2.05) is 23.8 Å². The Morgan fingerprint density at radius 2 is 2.19 bits per heavy atom. The summed E-state index contributed by atoms with van der Waals surface area (Å²) < 4.78 is 1.92. The quantitative estimate of drug-likeness (QED) is 0.344. The fraction of sp³-hybridized carbons (Fsp3) is 0.438. The van der Waals surface area contributed by atoms with E-state index in [1.54, 1.807) is 13.1 Å². The van der Waals surface area contributed by atoms with Crippen molar-refractivity contribution in [2.75, 3.05) is 6.26 Å². The minimum Gasteiger partial charge on any atom is -0.543 e. The summed E-state index contributed by atoms with van der Waals surface area (Å²) >= 11 is 2.94. The average molecular weight is 401 g/mol. The summed E-state index contributed by atoms with van der Waals surface area (Å²) in [5.41, 5.74) is 0.532. The first-order chi connectivity index (χ1) is 11.9. The van der Waals surface area contributed by atoms with E-state index in [0.717, 1.165) is 14.9 Å². The number of thiazole rings is 1. The molecule has 4 heterocycles. The Balaban J connectivity index is 0.00000196. The summed E-state index contributed by atoms with van der Waals surface area (Å²) in [6.07, 6.45) is 4.72. The molecule has 132 valence electrons. The number of aromatic nitrogens is 2. The normalized spacial score (nSPS) is 25.9. The molecule has 2 aromatic rings. The van der Waals surface area contributed by atoms with Crippen molar-refractivity contribution in [2.24, 2.45) is 11.8 Å². The molecule has 0 aromatic carbocycles. The summed E-state index contributed by atoms with van der Waals surface area (Å²) in [7, 11) is 0. The topological polar surface area (TPSA) is 98.0 Å². The number of carbonyl (C=O) groups is 2. The monoisotopic (exact) mass is 401 g/mol. The van der Waals surface area contributed by atoms with Gasteiger partial charge in [0, 0.05) is 17.7 Å². The van der Waals surface area contributed by atoms with Crippen LogP contribution in [0.5, 0.6) is 0 Å². The van der Waals surface area contributed by atoms with Crippen molar-refractivity contribution in [2.45, 2.75) is 31.1 Å². The molecular formula is C16H16N3NaO4S2. The molecule has 4 rings (SSSR count). The Kier molecular flexibility index (Phi) is 5.33. The summed E-state index contributed by atoms with van der Waals surface area (Å²) in [4.78, 5) is 31.4. The second kappa shape index (κ2) is 6.96. The number of aliphatic hydroxyl groups excluding tert-OH is 1. The maximum absolute atomic E-state index is 12.4. The van der Waals surface area contributed by atoms with E-state index in [9.17, 15) is 19.8 Å². The molecule has 0 spiro atoms. The van der Waals surface area contributed by atoms with E-state index in [2.05, 4.69) is 4.98 Å². The van der Waals surface area contributed by atoms with Crippen molar-refractivity contribution in [3.63, 3.8) is 0 Å². The number of carboxylic acids is 1. The number of carbonyl (C=O) groups excluding carboxylic acids is 2. The molecule has 1 fully saturated rings. The second-order valence-electron chi connectivity index (χ2n) is 6.35. The molecule has 26 heavy (non-hydrogen) atoms. The number of aliphatic carboxylic acids is 1. The van der Waals surface area contributed by atoms with Gasteiger partial charge in [0.2, 0.25) is 5.91 Å². The van der Waals surface area contributed by atoms with Gasteiger partial charge in [0.15, 0.2) is 5.16 Å². The molecule has 2 aromatic heterocycles. The zero-order valence-electron chi connectivity index (χ0n) is 14.8. The number of thioether (sulfide) groups is 1. The van der Waals surface area contributed by atoms with Gasteiger partial charge in [0.1, 0.15) is 4.83 Å². The van der Waals surface area contributed by atoms with Crippen LogP contribution in [0.15, 0.2) is 23.2 Å². The third-order valence-corrected chi connectivity index (χ3v) is 6.73. The molecule has 1 saturated heterocycles. The maximum Gasteiger partial charge on any atom is 1.00 e. The summed E-state index contributed by atoms with van der Waals surface area (Å²) in [5.74, 6) is -2.48. The van der Waals surface area contributed by atoms with Gasteiger partial charge in [0.05, 0.1) is 40.8 Å². The van der Waals surface area contributed by atoms with Crippen molar-refractivity contribution in [3.8, 4) is 0 Å². The summed E-state index contributed by atoms with van der Waals surface area (Å²) in [6, 6.07) is -0.338. The van der Waals surface area contributed by atoms with Gasteiger partial charge in [-0.2, -0.15) is 0 Å². The van der Waals surface area contributed by atoms with Crippen molar-refractivity contribution < 1.29 is 49.4 Å². The minimum atomic E-state index is -1.36. The Morgan fingerprint density at radius 3 is 2.77 bits per heavy atom. The summed E-state index contributed by atoms with van der Waals surface area (Å²) in [6.45, 7) is 3.46. The first-order valence-corrected chi connectivity index (χ1v) is 9.88. The molecule has 7 nitrogen and oxygen atoms in total. The largest absolute Gasteiger partial charge is 1.00 e. The molecule has 0 unspecified atom stereocenters. The van der Waals surface area contributed by atoms with E-state index in [0.29, 0.717) is 5.57 Å². The Labute approximate surface area is 180 Å². The number of aliphatic hydroxyl groups is 1. The van der Waals surface area contributed by atoms with Crippen LogP contribution in [0.3, 0.4) is 0 Å². The molecule has 0 radical (unpaired) electrons. The fourth-order valence-corrected chi connectivity index (χ4v) is 5.62. The van der Waals surface area contributed by atoms with Crippen LogP contribution in [0.2, 0.25) is 0 Å². The van der Waals surface area contributed by atoms with Crippen molar-refractivity contribution in [1.29, 1.82) is 0 Å². The van der Waals surface area contributed by atoms with E-state index >= 15 is 0 Å². The van der Waals surface area contributed by atoms with E-state index in [1.165, 1.54) is 28.0 Å². The van der Waals surface area contributed by atoms with E-state index in [-0.39, 0.29) is 53.1 Å². The van der Waals surface area contributed by atoms with Crippen molar-refractivity contribution in [1.82, 2.24) is 14.3 Å². The number of nitrogens with zero attached hydrogens (tertiary/aromatic N) is 3. The van der Waals surface area contributed by atoms with E-state index in [4.69, 9.17) is 0 Å². The molecule has 0 aliphatic carbocycles. The number of fused-ring (bicyclic) bond motifs is 2. The molecular weight excluding hydrogens is 385 g/mol. The molecule has 2 aliphatic heterocycles. The number of carboxylic acid groups (broad SMARTS) is 1. The van der Waals surface area contributed by atoms with Gasteiger partial charge >= 0.3 is 29.6 Å². The predicted molar refractivity (Wildman–Crippen MR) is 91.7 cm³/mol. The van der Waals surface area contributed by atoms with Gasteiger partial charge < -0.3 is 19.9 Å². The predicted octanol–water partition coefficient (Wildman–Crippen LogP) is -2.56. The zero-order chi connectivity index (χ0) is 18.0. The number of imidazole rings is 1. The molecule has 1 N–H and O–H groups in total. The number of rotatable bonds is 4.